The van der Waals surface area contributed by atoms with Gasteiger partial charge in [-0.15, -0.1) is 24.0 Å². The van der Waals surface area contributed by atoms with Crippen molar-refractivity contribution in [3.63, 3.8) is 0 Å². The van der Waals surface area contributed by atoms with Crippen LogP contribution in [-0.2, 0) is 0 Å². The van der Waals surface area contributed by atoms with Gasteiger partial charge in [-0.05, 0) is 12.8 Å². The molecule has 1 aliphatic rings. The van der Waals surface area contributed by atoms with Crippen LogP contribution in [0.4, 0.5) is 0 Å². The summed E-state index contributed by atoms with van der Waals surface area (Å²) in [6, 6.07) is 0. The van der Waals surface area contributed by atoms with Gasteiger partial charge in [0.2, 0.25) is 0 Å². The Balaban J connectivity index is 0.00000256. The maximum absolute atomic E-state index is 10.1. The lowest BCUT2D eigenvalue weighted by Gasteiger charge is -2.28. The first-order chi connectivity index (χ1) is 7.61. The van der Waals surface area contributed by atoms with Crippen LogP contribution in [0.2, 0.25) is 0 Å². The summed E-state index contributed by atoms with van der Waals surface area (Å²) < 4.78 is 0. The number of hydrogen-bond acceptors (Lipinski definition) is 3. The highest BCUT2D eigenvalue weighted by Crippen LogP contribution is 2.15. The van der Waals surface area contributed by atoms with Gasteiger partial charge in [0.15, 0.2) is 5.96 Å². The zero-order chi connectivity index (χ0) is 12.0. The fourth-order valence-corrected chi connectivity index (χ4v) is 2.50. The molecule has 3 N–H and O–H groups in total. The minimum Gasteiger partial charge on any atom is -0.388 e. The van der Waals surface area contributed by atoms with Crippen LogP contribution in [0.1, 0.15) is 26.7 Å². The summed E-state index contributed by atoms with van der Waals surface area (Å²) in [6.07, 6.45) is 1.44. The lowest BCUT2D eigenvalue weighted by molar-refractivity contribution is 0.0416. The molecule has 0 atom stereocenters. The first kappa shape index (κ1) is 17.3. The maximum Gasteiger partial charge on any atom is 0.191 e. The third-order valence-electron chi connectivity index (χ3n) is 3.19. The van der Waals surface area contributed by atoms with Gasteiger partial charge in [-0.2, -0.15) is 11.8 Å². The van der Waals surface area contributed by atoms with E-state index in [1.807, 2.05) is 25.6 Å². The summed E-state index contributed by atoms with van der Waals surface area (Å²) in [5, 5.41) is 10.1. The predicted octanol–water partition coefficient (Wildman–Crippen LogP) is 1.52. The number of guanidine groups is 1. The van der Waals surface area contributed by atoms with E-state index in [2.05, 4.69) is 9.89 Å². The molecule has 0 spiro atoms. The average Bonchev–Trinajstić information content (AvgIpc) is 2.36. The van der Waals surface area contributed by atoms with Gasteiger partial charge in [0.25, 0.3) is 0 Å². The molecule has 0 aromatic rings. The molecule has 0 aliphatic carbocycles. The SMILES string of the molecule is CCC(O)(CC)CN=C(N)N1CCSCC1.I. The van der Waals surface area contributed by atoms with Crippen molar-refractivity contribution in [3.8, 4) is 0 Å². The molecule has 0 unspecified atom stereocenters. The number of thioether (sulfide) groups is 1. The molecule has 1 fully saturated rings. The number of aliphatic imine (C=N–C) groups is 1. The van der Waals surface area contributed by atoms with E-state index in [0.717, 1.165) is 37.4 Å². The van der Waals surface area contributed by atoms with Gasteiger partial charge >= 0.3 is 0 Å². The summed E-state index contributed by atoms with van der Waals surface area (Å²) in [4.78, 5) is 6.42. The Labute approximate surface area is 125 Å². The van der Waals surface area contributed by atoms with E-state index in [9.17, 15) is 5.11 Å². The Morgan fingerprint density at radius 1 is 1.35 bits per heavy atom. The van der Waals surface area contributed by atoms with Gasteiger partial charge in [0.05, 0.1) is 12.1 Å². The van der Waals surface area contributed by atoms with Crippen LogP contribution < -0.4 is 5.73 Å². The highest BCUT2D eigenvalue weighted by molar-refractivity contribution is 14.0. The number of hydrogen-bond donors (Lipinski definition) is 2. The smallest absolute Gasteiger partial charge is 0.191 e. The fraction of sp³-hybridized carbons (Fsp3) is 0.909. The minimum atomic E-state index is -0.685. The molecule has 102 valence electrons. The zero-order valence-corrected chi connectivity index (χ0v) is 13.8. The number of rotatable bonds is 4. The molecule has 0 radical (unpaired) electrons. The maximum atomic E-state index is 10.1. The molecule has 0 amide bonds. The Bertz CT molecular complexity index is 241. The van der Waals surface area contributed by atoms with Crippen LogP contribution in [0.5, 0.6) is 0 Å². The third-order valence-corrected chi connectivity index (χ3v) is 4.13. The number of aliphatic hydroxyl groups is 1. The van der Waals surface area contributed by atoms with Crippen molar-refractivity contribution in [3.05, 3.63) is 0 Å². The van der Waals surface area contributed by atoms with Crippen molar-refractivity contribution in [1.29, 1.82) is 0 Å². The molecule has 17 heavy (non-hydrogen) atoms. The molecule has 0 aromatic heterocycles. The molecule has 6 heteroatoms. The lowest BCUT2D eigenvalue weighted by atomic mass is 9.98. The first-order valence-corrected chi connectivity index (χ1v) is 7.12. The van der Waals surface area contributed by atoms with Crippen LogP contribution in [0.3, 0.4) is 0 Å². The summed E-state index contributed by atoms with van der Waals surface area (Å²) in [6.45, 7) is 6.31. The van der Waals surface area contributed by atoms with E-state index in [4.69, 9.17) is 5.73 Å². The summed E-state index contributed by atoms with van der Waals surface area (Å²) >= 11 is 1.95. The third kappa shape index (κ3) is 5.65. The van der Waals surface area contributed by atoms with Gasteiger partial charge in [-0.3, -0.25) is 4.99 Å². The van der Waals surface area contributed by atoms with Crippen LogP contribution in [0.25, 0.3) is 0 Å². The van der Waals surface area contributed by atoms with Gasteiger partial charge in [-0.1, -0.05) is 13.8 Å². The first-order valence-electron chi connectivity index (χ1n) is 5.96. The van der Waals surface area contributed by atoms with Crippen LogP contribution in [0, 0.1) is 0 Å². The van der Waals surface area contributed by atoms with E-state index in [1.165, 1.54) is 0 Å². The zero-order valence-electron chi connectivity index (χ0n) is 10.7. The summed E-state index contributed by atoms with van der Waals surface area (Å²) in [5.74, 6) is 2.81. The highest BCUT2D eigenvalue weighted by Gasteiger charge is 2.22. The fourth-order valence-electron chi connectivity index (χ4n) is 1.59. The van der Waals surface area contributed by atoms with E-state index in [0.29, 0.717) is 12.5 Å². The largest absolute Gasteiger partial charge is 0.388 e. The minimum absolute atomic E-state index is 0. The van der Waals surface area contributed by atoms with E-state index < -0.39 is 5.60 Å². The van der Waals surface area contributed by atoms with Crippen molar-refractivity contribution < 1.29 is 5.11 Å². The standard InChI is InChI=1S/C11H23N3OS.HI/c1-3-11(15,4-2)9-13-10(12)14-5-7-16-8-6-14;/h15H,3-9H2,1-2H3,(H2,12,13);1H. The number of nitrogens with zero attached hydrogens (tertiary/aromatic N) is 2. The summed E-state index contributed by atoms with van der Waals surface area (Å²) in [7, 11) is 0. The molecule has 1 saturated heterocycles. The van der Waals surface area contributed by atoms with Crippen molar-refractivity contribution in [2.75, 3.05) is 31.1 Å². The van der Waals surface area contributed by atoms with Crippen LogP contribution in [-0.4, -0.2) is 52.7 Å². The second-order valence-corrected chi connectivity index (χ2v) is 5.43. The molecular formula is C11H24IN3OS. The molecular weight excluding hydrogens is 349 g/mol. The molecule has 1 heterocycles. The molecule has 4 nitrogen and oxygen atoms in total. The molecule has 0 aromatic carbocycles. The average molecular weight is 373 g/mol. The van der Waals surface area contributed by atoms with Gasteiger partial charge in [0, 0.05) is 24.6 Å². The lowest BCUT2D eigenvalue weighted by Crippen LogP contribution is -2.43. The molecule has 1 aliphatic heterocycles. The predicted molar refractivity (Wildman–Crippen MR) is 86.3 cm³/mol. The van der Waals surface area contributed by atoms with E-state index in [1.54, 1.807) is 0 Å². The number of halogens is 1. The van der Waals surface area contributed by atoms with Crippen LogP contribution in [0.15, 0.2) is 4.99 Å². The quantitative estimate of drug-likeness (QED) is 0.446. The Hall–Kier alpha value is 0.310. The van der Waals surface area contributed by atoms with E-state index >= 15 is 0 Å². The van der Waals surface area contributed by atoms with Gasteiger partial charge in [0.1, 0.15) is 0 Å². The molecule has 1 rings (SSSR count). The van der Waals surface area contributed by atoms with Gasteiger partial charge < -0.3 is 15.7 Å². The van der Waals surface area contributed by atoms with Crippen molar-refractivity contribution in [2.45, 2.75) is 32.3 Å². The normalized spacial score (nSPS) is 17.8. The van der Waals surface area contributed by atoms with Crippen LogP contribution >= 0.6 is 35.7 Å². The molecule has 0 bridgehead atoms. The topological polar surface area (TPSA) is 61.9 Å². The Morgan fingerprint density at radius 2 is 1.88 bits per heavy atom. The second-order valence-electron chi connectivity index (χ2n) is 4.21. The Kier molecular flexibility index (Phi) is 8.57. The van der Waals surface area contributed by atoms with Crippen molar-refractivity contribution in [2.24, 2.45) is 10.7 Å². The van der Waals surface area contributed by atoms with Crippen molar-refractivity contribution >= 4 is 41.7 Å². The van der Waals surface area contributed by atoms with E-state index in [-0.39, 0.29) is 24.0 Å². The second kappa shape index (κ2) is 8.42. The Morgan fingerprint density at radius 3 is 2.35 bits per heavy atom. The highest BCUT2D eigenvalue weighted by atomic mass is 127. The monoisotopic (exact) mass is 373 g/mol. The molecule has 0 saturated carbocycles. The number of nitrogens with two attached hydrogens (primary N) is 1. The van der Waals surface area contributed by atoms with Gasteiger partial charge in [-0.25, -0.2) is 0 Å². The summed E-state index contributed by atoms with van der Waals surface area (Å²) in [5.41, 5.74) is 5.24. The van der Waals surface area contributed by atoms with Crippen molar-refractivity contribution in [1.82, 2.24) is 4.90 Å².